The average molecular weight is 312 g/mol. The minimum atomic E-state index is -0.405. The van der Waals surface area contributed by atoms with Crippen LogP contribution in [0.4, 0.5) is 5.69 Å². The Morgan fingerprint density at radius 3 is 3.06 bits per heavy atom. The van der Waals surface area contributed by atoms with Crippen LogP contribution in [0.3, 0.4) is 0 Å². The lowest BCUT2D eigenvalue weighted by Crippen LogP contribution is -2.24. The molecule has 1 heterocycles. The molecule has 1 aromatic carbocycles. The molecule has 0 radical (unpaired) electrons. The molecule has 1 atom stereocenters. The fourth-order valence-electron chi connectivity index (χ4n) is 2.26. The predicted molar refractivity (Wildman–Crippen MR) is 76.8 cm³/mol. The van der Waals surface area contributed by atoms with Crippen molar-refractivity contribution >= 4 is 27.5 Å². The van der Waals surface area contributed by atoms with Crippen LogP contribution < -0.4 is 16.4 Å². The Hall–Kier alpha value is -1.07. The molecule has 4 N–H and O–H groups in total. The average Bonchev–Trinajstić information content (AvgIpc) is 2.84. The number of anilines is 1. The third-order valence-electron chi connectivity index (χ3n) is 3.22. The van der Waals surface area contributed by atoms with Gasteiger partial charge in [0.1, 0.15) is 0 Å². The second-order valence-corrected chi connectivity index (χ2v) is 5.48. The third kappa shape index (κ3) is 3.46. The van der Waals surface area contributed by atoms with Gasteiger partial charge in [-0.15, -0.1) is 0 Å². The van der Waals surface area contributed by atoms with Crippen molar-refractivity contribution in [3.8, 4) is 0 Å². The van der Waals surface area contributed by atoms with E-state index in [2.05, 4.69) is 26.6 Å². The Kier molecular flexibility index (Phi) is 4.60. The third-order valence-corrected chi connectivity index (χ3v) is 3.71. The zero-order valence-electron chi connectivity index (χ0n) is 10.2. The number of nitrogens with two attached hydrogens (primary N) is 1. The van der Waals surface area contributed by atoms with E-state index < -0.39 is 5.91 Å². The van der Waals surface area contributed by atoms with Crippen molar-refractivity contribution < 1.29 is 4.79 Å². The molecule has 1 aliphatic rings. The smallest absolute Gasteiger partial charge is 0.250 e. The molecule has 0 bridgehead atoms. The van der Waals surface area contributed by atoms with Crippen LogP contribution in [-0.4, -0.2) is 25.0 Å². The number of primary amides is 1. The Balaban J connectivity index is 1.93. The van der Waals surface area contributed by atoms with Gasteiger partial charge in [-0.25, -0.2) is 0 Å². The molecule has 0 aliphatic carbocycles. The van der Waals surface area contributed by atoms with Crippen molar-refractivity contribution in [2.75, 3.05) is 18.4 Å². The largest absolute Gasteiger partial charge is 0.384 e. The number of hydrogen-bond acceptors (Lipinski definition) is 3. The van der Waals surface area contributed by atoms with E-state index in [0.717, 1.165) is 29.7 Å². The summed E-state index contributed by atoms with van der Waals surface area (Å²) in [5.74, 6) is -0.405. The lowest BCUT2D eigenvalue weighted by atomic mass is 10.1. The van der Waals surface area contributed by atoms with Gasteiger partial charge in [0, 0.05) is 22.7 Å². The first kappa shape index (κ1) is 13.4. The highest BCUT2D eigenvalue weighted by molar-refractivity contribution is 9.10. The normalized spacial score (nSPS) is 18.8. The number of carbonyl (C=O) groups is 1. The molecule has 1 unspecified atom stereocenters. The van der Waals surface area contributed by atoms with Crippen LogP contribution in [-0.2, 0) is 0 Å². The Labute approximate surface area is 115 Å². The monoisotopic (exact) mass is 311 g/mol. The zero-order valence-corrected chi connectivity index (χ0v) is 11.8. The van der Waals surface area contributed by atoms with Crippen molar-refractivity contribution in [1.82, 2.24) is 5.32 Å². The summed E-state index contributed by atoms with van der Waals surface area (Å²) in [6.07, 6.45) is 3.56. The molecule has 0 saturated carbocycles. The van der Waals surface area contributed by atoms with E-state index in [1.54, 1.807) is 6.07 Å². The van der Waals surface area contributed by atoms with Crippen molar-refractivity contribution in [3.05, 3.63) is 28.2 Å². The molecule has 1 fully saturated rings. The van der Waals surface area contributed by atoms with Gasteiger partial charge in [0.15, 0.2) is 0 Å². The van der Waals surface area contributed by atoms with Gasteiger partial charge in [-0.1, -0.05) is 15.9 Å². The van der Waals surface area contributed by atoms with Crippen LogP contribution in [0.5, 0.6) is 0 Å². The highest BCUT2D eigenvalue weighted by Gasteiger charge is 2.14. The van der Waals surface area contributed by atoms with Crippen molar-refractivity contribution in [1.29, 1.82) is 0 Å². The number of carbonyl (C=O) groups excluding carboxylic acids is 1. The van der Waals surface area contributed by atoms with Gasteiger partial charge in [-0.3, -0.25) is 4.79 Å². The van der Waals surface area contributed by atoms with Crippen LogP contribution in [0.15, 0.2) is 22.7 Å². The maximum Gasteiger partial charge on any atom is 0.250 e. The first-order valence-corrected chi connectivity index (χ1v) is 7.03. The Morgan fingerprint density at radius 2 is 2.39 bits per heavy atom. The van der Waals surface area contributed by atoms with Gasteiger partial charge in [0.25, 0.3) is 5.91 Å². The second-order valence-electron chi connectivity index (χ2n) is 4.56. The lowest BCUT2D eigenvalue weighted by Gasteiger charge is -2.13. The van der Waals surface area contributed by atoms with Gasteiger partial charge >= 0.3 is 0 Å². The SMILES string of the molecule is NC(=O)c1cc(Br)ccc1NCCC1CCCN1. The molecular weight excluding hydrogens is 294 g/mol. The highest BCUT2D eigenvalue weighted by Crippen LogP contribution is 2.21. The van der Waals surface area contributed by atoms with E-state index in [9.17, 15) is 4.79 Å². The van der Waals surface area contributed by atoms with E-state index in [1.165, 1.54) is 12.8 Å². The second kappa shape index (κ2) is 6.20. The molecule has 1 aromatic rings. The lowest BCUT2D eigenvalue weighted by molar-refractivity contribution is 0.100. The number of benzene rings is 1. The summed E-state index contributed by atoms with van der Waals surface area (Å²) in [6, 6.07) is 6.14. The van der Waals surface area contributed by atoms with Gasteiger partial charge < -0.3 is 16.4 Å². The summed E-state index contributed by atoms with van der Waals surface area (Å²) < 4.78 is 0.860. The number of hydrogen-bond donors (Lipinski definition) is 3. The Morgan fingerprint density at radius 1 is 1.56 bits per heavy atom. The fourth-order valence-corrected chi connectivity index (χ4v) is 2.62. The molecule has 0 aromatic heterocycles. The minimum absolute atomic E-state index is 0.405. The van der Waals surface area contributed by atoms with Crippen LogP contribution in [0.1, 0.15) is 29.6 Å². The summed E-state index contributed by atoms with van der Waals surface area (Å²) in [5, 5.41) is 6.74. The van der Waals surface area contributed by atoms with E-state index in [4.69, 9.17) is 5.73 Å². The molecular formula is C13H18BrN3O. The zero-order chi connectivity index (χ0) is 13.0. The van der Waals surface area contributed by atoms with Gasteiger partial charge in [0.05, 0.1) is 5.56 Å². The van der Waals surface area contributed by atoms with E-state index >= 15 is 0 Å². The van der Waals surface area contributed by atoms with Crippen molar-refractivity contribution in [2.45, 2.75) is 25.3 Å². The van der Waals surface area contributed by atoms with Crippen molar-refractivity contribution in [2.24, 2.45) is 5.73 Å². The van der Waals surface area contributed by atoms with Gasteiger partial charge in [-0.2, -0.15) is 0 Å². The molecule has 5 heteroatoms. The molecule has 98 valence electrons. The van der Waals surface area contributed by atoms with Crippen LogP contribution in [0.25, 0.3) is 0 Å². The summed E-state index contributed by atoms with van der Waals surface area (Å²) >= 11 is 3.34. The number of rotatable bonds is 5. The van der Waals surface area contributed by atoms with E-state index in [0.29, 0.717) is 11.6 Å². The fraction of sp³-hybridized carbons (Fsp3) is 0.462. The molecule has 1 aliphatic heterocycles. The number of halogens is 1. The van der Waals surface area contributed by atoms with Crippen LogP contribution >= 0.6 is 15.9 Å². The van der Waals surface area contributed by atoms with Crippen LogP contribution in [0.2, 0.25) is 0 Å². The summed E-state index contributed by atoms with van der Waals surface area (Å²) in [4.78, 5) is 11.3. The maximum atomic E-state index is 11.3. The van der Waals surface area contributed by atoms with Crippen molar-refractivity contribution in [3.63, 3.8) is 0 Å². The first-order valence-electron chi connectivity index (χ1n) is 6.23. The molecule has 0 spiro atoms. The molecule has 4 nitrogen and oxygen atoms in total. The van der Waals surface area contributed by atoms with Crippen LogP contribution in [0, 0.1) is 0 Å². The molecule has 2 rings (SSSR count). The number of amides is 1. The predicted octanol–water partition coefficient (Wildman–Crippen LogP) is 2.10. The molecule has 1 amide bonds. The molecule has 1 saturated heterocycles. The summed E-state index contributed by atoms with van der Waals surface area (Å²) in [7, 11) is 0. The maximum absolute atomic E-state index is 11.3. The van der Waals surface area contributed by atoms with Gasteiger partial charge in [-0.05, 0) is 44.0 Å². The first-order chi connectivity index (χ1) is 8.66. The Bertz CT molecular complexity index is 430. The summed E-state index contributed by atoms with van der Waals surface area (Å²) in [5.41, 5.74) is 6.71. The molecule has 18 heavy (non-hydrogen) atoms. The van der Waals surface area contributed by atoms with E-state index in [-0.39, 0.29) is 0 Å². The standard InChI is InChI=1S/C13H18BrN3O/c14-9-3-4-12(11(8-9)13(15)18)17-7-5-10-2-1-6-16-10/h3-4,8,10,16-17H,1-2,5-7H2,(H2,15,18). The number of nitrogens with one attached hydrogen (secondary N) is 2. The highest BCUT2D eigenvalue weighted by atomic mass is 79.9. The summed E-state index contributed by atoms with van der Waals surface area (Å²) in [6.45, 7) is 1.97. The van der Waals surface area contributed by atoms with E-state index in [1.807, 2.05) is 12.1 Å². The quantitative estimate of drug-likeness (QED) is 0.780. The minimum Gasteiger partial charge on any atom is -0.384 e. The topological polar surface area (TPSA) is 67.2 Å². The van der Waals surface area contributed by atoms with Gasteiger partial charge in [0.2, 0.25) is 0 Å².